The first-order chi connectivity index (χ1) is 14.3. The van der Waals surface area contributed by atoms with Crippen molar-refractivity contribution < 1.29 is 9.59 Å². The maximum absolute atomic E-state index is 13.0. The molecular weight excluding hydrogens is 376 g/mol. The molecule has 0 bridgehead atoms. The fraction of sp³-hybridized carbons (Fsp3) is 0.333. The Balaban J connectivity index is 1.61. The van der Waals surface area contributed by atoms with Crippen LogP contribution in [0.3, 0.4) is 0 Å². The van der Waals surface area contributed by atoms with Crippen molar-refractivity contribution in [1.82, 2.24) is 9.80 Å². The fourth-order valence-electron chi connectivity index (χ4n) is 4.41. The van der Waals surface area contributed by atoms with Gasteiger partial charge in [-0.05, 0) is 56.5 Å². The van der Waals surface area contributed by atoms with Gasteiger partial charge in [-0.25, -0.2) is 0 Å². The van der Waals surface area contributed by atoms with Gasteiger partial charge in [-0.15, -0.1) is 0 Å². The van der Waals surface area contributed by atoms with Crippen molar-refractivity contribution in [2.45, 2.75) is 52.4 Å². The fourth-order valence-corrected chi connectivity index (χ4v) is 4.41. The smallest absolute Gasteiger partial charge is 0.256 e. The average molecular weight is 398 g/mol. The van der Waals surface area contributed by atoms with Crippen LogP contribution in [0, 0.1) is 22.7 Å². The quantitative estimate of drug-likeness (QED) is 0.790. The molecule has 0 N–H and O–H groups in total. The van der Waals surface area contributed by atoms with E-state index < -0.39 is 0 Å². The second-order valence-electron chi connectivity index (χ2n) is 8.25. The number of amides is 2. The van der Waals surface area contributed by atoms with Crippen LogP contribution in [0.15, 0.2) is 30.3 Å². The monoisotopic (exact) mass is 398 g/mol. The number of rotatable bonds is 4. The topological polar surface area (TPSA) is 88.2 Å². The average Bonchev–Trinajstić information content (AvgIpc) is 3.25. The number of carbonyl (C=O) groups is 2. The summed E-state index contributed by atoms with van der Waals surface area (Å²) in [7, 11) is 0. The third-order valence-corrected chi connectivity index (χ3v) is 6.02. The number of carbonyl (C=O) groups excluding carboxylic acids is 2. The number of hydrogen-bond donors (Lipinski definition) is 0. The summed E-state index contributed by atoms with van der Waals surface area (Å²) in [6.45, 7) is 6.80. The van der Waals surface area contributed by atoms with Crippen LogP contribution in [0.2, 0.25) is 0 Å². The maximum atomic E-state index is 13.0. The second-order valence-corrected chi connectivity index (χ2v) is 8.25. The molecule has 1 unspecified atom stereocenters. The van der Waals surface area contributed by atoms with Crippen molar-refractivity contribution >= 4 is 11.8 Å². The van der Waals surface area contributed by atoms with E-state index in [1.54, 1.807) is 21.9 Å². The summed E-state index contributed by atoms with van der Waals surface area (Å²) >= 11 is 0. The lowest BCUT2D eigenvalue weighted by atomic mass is 9.96. The summed E-state index contributed by atoms with van der Waals surface area (Å²) < 4.78 is 0. The van der Waals surface area contributed by atoms with Gasteiger partial charge in [0.2, 0.25) is 0 Å². The number of nitriles is 2. The molecule has 4 rings (SSSR count). The molecule has 150 valence electrons. The minimum absolute atomic E-state index is 0.0469. The highest BCUT2D eigenvalue weighted by Gasteiger charge is 2.34. The largest absolute Gasteiger partial charge is 0.332 e. The summed E-state index contributed by atoms with van der Waals surface area (Å²) in [6, 6.07) is 13.3. The van der Waals surface area contributed by atoms with Gasteiger partial charge in [0.05, 0.1) is 28.8 Å². The van der Waals surface area contributed by atoms with Crippen molar-refractivity contribution in [3.8, 4) is 12.1 Å². The van der Waals surface area contributed by atoms with Gasteiger partial charge in [-0.2, -0.15) is 10.5 Å². The molecule has 0 aromatic heterocycles. The SMILES string of the molecule is CC(C)N1Cc2c(C#N)cc(CC(C)N3Cc4cccc(C#N)c4C3=O)cc2C1=O. The molecule has 2 aromatic carbocycles. The van der Waals surface area contributed by atoms with Crippen LogP contribution in [0.1, 0.15) is 69.3 Å². The zero-order chi connectivity index (χ0) is 21.6. The highest BCUT2D eigenvalue weighted by molar-refractivity contribution is 6.01. The van der Waals surface area contributed by atoms with Crippen LogP contribution in [-0.2, 0) is 19.5 Å². The zero-order valence-corrected chi connectivity index (χ0v) is 17.3. The Morgan fingerprint density at radius 1 is 0.967 bits per heavy atom. The van der Waals surface area contributed by atoms with E-state index >= 15 is 0 Å². The minimum Gasteiger partial charge on any atom is -0.332 e. The first-order valence-electron chi connectivity index (χ1n) is 10.1. The van der Waals surface area contributed by atoms with Gasteiger partial charge in [0.25, 0.3) is 11.8 Å². The van der Waals surface area contributed by atoms with Crippen LogP contribution >= 0.6 is 0 Å². The van der Waals surface area contributed by atoms with Gasteiger partial charge >= 0.3 is 0 Å². The number of hydrogen-bond acceptors (Lipinski definition) is 4. The molecule has 0 saturated heterocycles. The molecular formula is C24H22N4O2. The third kappa shape index (κ3) is 3.02. The summed E-state index contributed by atoms with van der Waals surface area (Å²) in [6.07, 6.45) is 0.526. The molecule has 0 aliphatic carbocycles. The van der Waals surface area contributed by atoms with Gasteiger partial charge < -0.3 is 9.80 Å². The maximum Gasteiger partial charge on any atom is 0.256 e. The molecule has 2 amide bonds. The summed E-state index contributed by atoms with van der Waals surface area (Å²) in [5, 5.41) is 19.0. The number of nitrogens with zero attached hydrogens (tertiary/aromatic N) is 4. The van der Waals surface area contributed by atoms with Crippen molar-refractivity contribution in [2.24, 2.45) is 0 Å². The van der Waals surface area contributed by atoms with E-state index in [4.69, 9.17) is 0 Å². The first kappa shape index (κ1) is 19.7. The van der Waals surface area contributed by atoms with E-state index in [9.17, 15) is 20.1 Å². The molecule has 0 spiro atoms. The van der Waals surface area contributed by atoms with Gasteiger partial charge in [0.15, 0.2) is 0 Å². The predicted octanol–water partition coefficient (Wildman–Crippen LogP) is 3.38. The predicted molar refractivity (Wildman–Crippen MR) is 110 cm³/mol. The molecule has 2 aromatic rings. The van der Waals surface area contributed by atoms with Gasteiger partial charge in [-0.1, -0.05) is 12.1 Å². The van der Waals surface area contributed by atoms with E-state index in [1.165, 1.54) is 0 Å². The highest BCUT2D eigenvalue weighted by atomic mass is 16.2. The van der Waals surface area contributed by atoms with E-state index in [1.807, 2.05) is 39.0 Å². The Kier molecular flexibility index (Phi) is 4.79. The molecule has 0 radical (unpaired) electrons. The molecule has 6 nitrogen and oxygen atoms in total. The van der Waals surface area contributed by atoms with E-state index in [0.717, 1.165) is 16.7 Å². The van der Waals surface area contributed by atoms with Gasteiger partial charge in [0, 0.05) is 36.3 Å². The highest BCUT2D eigenvalue weighted by Crippen LogP contribution is 2.31. The van der Waals surface area contributed by atoms with Crippen molar-refractivity contribution in [2.75, 3.05) is 0 Å². The van der Waals surface area contributed by atoms with Crippen LogP contribution < -0.4 is 0 Å². The molecule has 2 aliphatic rings. The lowest BCUT2D eigenvalue weighted by Crippen LogP contribution is -2.35. The lowest BCUT2D eigenvalue weighted by Gasteiger charge is -2.24. The Bertz CT molecular complexity index is 1150. The molecule has 2 heterocycles. The number of benzene rings is 2. The first-order valence-corrected chi connectivity index (χ1v) is 10.1. The minimum atomic E-state index is -0.140. The summed E-state index contributed by atoms with van der Waals surface area (Å²) in [5.74, 6) is -0.187. The van der Waals surface area contributed by atoms with Crippen molar-refractivity contribution in [3.63, 3.8) is 0 Å². The molecule has 6 heteroatoms. The Morgan fingerprint density at radius 2 is 1.70 bits per heavy atom. The standard InChI is InChI=1S/C24H22N4O2/c1-14(2)27-13-21-19(11-26)8-16(9-20(21)23(27)29)7-15(3)28-12-18-6-4-5-17(10-25)22(18)24(28)30/h4-6,8-9,14-15H,7,12-13H2,1-3H3. The van der Waals surface area contributed by atoms with Crippen molar-refractivity contribution in [1.29, 1.82) is 10.5 Å². The van der Waals surface area contributed by atoms with E-state index in [-0.39, 0.29) is 23.9 Å². The molecule has 30 heavy (non-hydrogen) atoms. The molecule has 2 aliphatic heterocycles. The van der Waals surface area contributed by atoms with Crippen molar-refractivity contribution in [3.05, 3.63) is 69.3 Å². The molecule has 0 fully saturated rings. The second kappa shape index (κ2) is 7.31. The van der Waals surface area contributed by atoms with Gasteiger partial charge in [-0.3, -0.25) is 9.59 Å². The van der Waals surface area contributed by atoms with Crippen LogP contribution in [0.25, 0.3) is 0 Å². The Hall–Kier alpha value is -3.64. The summed E-state index contributed by atoms with van der Waals surface area (Å²) in [5.41, 5.74) is 4.51. The van der Waals surface area contributed by atoms with Crippen LogP contribution in [0.5, 0.6) is 0 Å². The molecule has 1 atom stereocenters. The molecule has 0 saturated carbocycles. The Labute approximate surface area is 175 Å². The van der Waals surface area contributed by atoms with Gasteiger partial charge in [0.1, 0.15) is 0 Å². The third-order valence-electron chi connectivity index (χ3n) is 6.02. The normalized spacial score (nSPS) is 15.8. The van der Waals surface area contributed by atoms with Crippen LogP contribution in [-0.4, -0.2) is 33.7 Å². The summed E-state index contributed by atoms with van der Waals surface area (Å²) in [4.78, 5) is 29.3. The lowest BCUT2D eigenvalue weighted by molar-refractivity contribution is 0.0711. The Morgan fingerprint density at radius 3 is 2.37 bits per heavy atom. The van der Waals surface area contributed by atoms with E-state index in [2.05, 4.69) is 12.1 Å². The number of fused-ring (bicyclic) bond motifs is 2. The van der Waals surface area contributed by atoms with Crippen LogP contribution in [0.4, 0.5) is 0 Å². The zero-order valence-electron chi connectivity index (χ0n) is 17.3. The van der Waals surface area contributed by atoms with E-state index in [0.29, 0.717) is 41.8 Å².